The Balaban J connectivity index is 1.71. The summed E-state index contributed by atoms with van der Waals surface area (Å²) in [6.45, 7) is 3.42. The van der Waals surface area contributed by atoms with Gasteiger partial charge < -0.3 is 5.32 Å². The van der Waals surface area contributed by atoms with Crippen LogP contribution in [-0.2, 0) is 9.59 Å². The van der Waals surface area contributed by atoms with Gasteiger partial charge in [-0.3, -0.25) is 14.5 Å². The lowest BCUT2D eigenvalue weighted by Crippen LogP contribution is -2.22. The van der Waals surface area contributed by atoms with Crippen molar-refractivity contribution < 1.29 is 9.59 Å². The molecule has 3 aromatic rings. The Morgan fingerprint density at radius 3 is 2.59 bits per heavy atom. The summed E-state index contributed by atoms with van der Waals surface area (Å²) in [6.07, 6.45) is 4.68. The second-order valence-corrected chi connectivity index (χ2v) is 6.62. The fraction of sp³-hybridized carbons (Fsp3) is 0.100. The van der Waals surface area contributed by atoms with Gasteiger partial charge >= 0.3 is 0 Å². The number of benzene rings is 1. The van der Waals surface area contributed by atoms with Crippen LogP contribution < -0.4 is 10.2 Å². The maximum absolute atomic E-state index is 12.1. The van der Waals surface area contributed by atoms with Crippen molar-refractivity contribution in [3.8, 4) is 0 Å². The molecule has 0 spiro atoms. The SMILES string of the molecule is CC(=O)N(c1ccccc1)c1nc(C=CC(=O)Nc2ccc(C)cn2)cs1. The summed E-state index contributed by atoms with van der Waals surface area (Å²) in [5.41, 5.74) is 2.37. The molecule has 0 saturated carbocycles. The number of para-hydroxylation sites is 1. The molecule has 1 N–H and O–H groups in total. The fourth-order valence-corrected chi connectivity index (χ4v) is 3.19. The molecule has 0 aliphatic carbocycles. The van der Waals surface area contributed by atoms with Crippen LogP contribution in [-0.4, -0.2) is 21.8 Å². The van der Waals surface area contributed by atoms with Crippen molar-refractivity contribution in [2.75, 3.05) is 10.2 Å². The third kappa shape index (κ3) is 4.86. The standard InChI is InChI=1S/C20H18N4O2S/c1-14-8-10-18(21-12-14)23-19(26)11-9-16-13-27-20(22-16)24(15(2)25)17-6-4-3-5-7-17/h3-13H,1-2H3,(H,21,23,26). The van der Waals surface area contributed by atoms with Crippen LogP contribution in [0.4, 0.5) is 16.6 Å². The second kappa shape index (κ2) is 8.37. The Hall–Kier alpha value is -3.32. The minimum Gasteiger partial charge on any atom is -0.307 e. The van der Waals surface area contributed by atoms with E-state index >= 15 is 0 Å². The van der Waals surface area contributed by atoms with Gasteiger partial charge in [-0.2, -0.15) is 0 Å². The average molecular weight is 378 g/mol. The number of nitrogens with one attached hydrogen (secondary N) is 1. The molecular weight excluding hydrogens is 360 g/mol. The van der Waals surface area contributed by atoms with Crippen molar-refractivity contribution in [1.29, 1.82) is 0 Å². The maximum Gasteiger partial charge on any atom is 0.249 e. The molecule has 7 heteroatoms. The predicted octanol–water partition coefficient (Wildman–Crippen LogP) is 4.18. The van der Waals surface area contributed by atoms with E-state index in [1.165, 1.54) is 29.2 Å². The third-order valence-electron chi connectivity index (χ3n) is 3.60. The summed E-state index contributed by atoms with van der Waals surface area (Å²) >= 11 is 1.34. The van der Waals surface area contributed by atoms with Crippen LogP contribution in [0.3, 0.4) is 0 Å². The van der Waals surface area contributed by atoms with Crippen LogP contribution >= 0.6 is 11.3 Å². The van der Waals surface area contributed by atoms with Gasteiger partial charge in [-0.05, 0) is 36.8 Å². The van der Waals surface area contributed by atoms with Crippen LogP contribution in [0.1, 0.15) is 18.2 Å². The summed E-state index contributed by atoms with van der Waals surface area (Å²) in [6, 6.07) is 12.9. The Morgan fingerprint density at radius 1 is 1.15 bits per heavy atom. The first kappa shape index (κ1) is 18.5. The highest BCUT2D eigenvalue weighted by Gasteiger charge is 2.17. The number of anilines is 3. The van der Waals surface area contributed by atoms with Crippen LogP contribution in [0.15, 0.2) is 60.1 Å². The number of carbonyl (C=O) groups excluding carboxylic acids is 2. The highest BCUT2D eigenvalue weighted by molar-refractivity contribution is 7.14. The Labute approximate surface area is 161 Å². The van der Waals surface area contributed by atoms with E-state index in [-0.39, 0.29) is 11.8 Å². The summed E-state index contributed by atoms with van der Waals surface area (Å²) in [7, 11) is 0. The van der Waals surface area contributed by atoms with Gasteiger partial charge in [0.1, 0.15) is 5.82 Å². The number of hydrogen-bond acceptors (Lipinski definition) is 5. The number of aryl methyl sites for hydroxylation is 1. The predicted molar refractivity (Wildman–Crippen MR) is 108 cm³/mol. The van der Waals surface area contributed by atoms with Gasteiger partial charge in [0.25, 0.3) is 0 Å². The van der Waals surface area contributed by atoms with E-state index in [1.807, 2.05) is 43.3 Å². The highest BCUT2D eigenvalue weighted by atomic mass is 32.1. The number of nitrogens with zero attached hydrogens (tertiary/aromatic N) is 3. The normalized spacial score (nSPS) is 10.7. The van der Waals surface area contributed by atoms with Crippen molar-refractivity contribution in [3.05, 3.63) is 71.4 Å². The molecule has 0 saturated heterocycles. The molecule has 0 radical (unpaired) electrons. The summed E-state index contributed by atoms with van der Waals surface area (Å²) < 4.78 is 0. The number of carbonyl (C=O) groups is 2. The third-order valence-corrected chi connectivity index (χ3v) is 4.44. The molecular formula is C20H18N4O2S. The molecule has 2 amide bonds. The highest BCUT2D eigenvalue weighted by Crippen LogP contribution is 2.28. The zero-order valence-corrected chi connectivity index (χ0v) is 15.7. The second-order valence-electron chi connectivity index (χ2n) is 5.79. The van der Waals surface area contributed by atoms with Crippen molar-refractivity contribution in [2.45, 2.75) is 13.8 Å². The smallest absolute Gasteiger partial charge is 0.249 e. The Morgan fingerprint density at radius 2 is 1.93 bits per heavy atom. The first-order valence-corrected chi connectivity index (χ1v) is 9.14. The van der Waals surface area contributed by atoms with Gasteiger partial charge in [0.2, 0.25) is 11.8 Å². The molecule has 136 valence electrons. The van der Waals surface area contributed by atoms with Crippen LogP contribution in [0.5, 0.6) is 0 Å². The van der Waals surface area contributed by atoms with Crippen molar-refractivity contribution in [1.82, 2.24) is 9.97 Å². The maximum atomic E-state index is 12.1. The number of rotatable bonds is 5. The van der Waals surface area contributed by atoms with E-state index in [4.69, 9.17) is 0 Å². The lowest BCUT2D eigenvalue weighted by Gasteiger charge is -2.17. The topological polar surface area (TPSA) is 75.2 Å². The van der Waals surface area contributed by atoms with Crippen LogP contribution in [0.2, 0.25) is 0 Å². The van der Waals surface area contributed by atoms with Gasteiger partial charge in [-0.1, -0.05) is 24.3 Å². The fourth-order valence-electron chi connectivity index (χ4n) is 2.33. The van der Waals surface area contributed by atoms with E-state index in [0.29, 0.717) is 16.6 Å². The number of amides is 2. The van der Waals surface area contributed by atoms with Gasteiger partial charge in [-0.15, -0.1) is 11.3 Å². The summed E-state index contributed by atoms with van der Waals surface area (Å²) in [5.74, 6) is 0.0581. The van der Waals surface area contributed by atoms with Crippen molar-refractivity contribution in [2.24, 2.45) is 0 Å². The molecule has 27 heavy (non-hydrogen) atoms. The minimum absolute atomic E-state index is 0.130. The molecule has 2 aromatic heterocycles. The van der Waals surface area contributed by atoms with Crippen LogP contribution in [0.25, 0.3) is 6.08 Å². The summed E-state index contributed by atoms with van der Waals surface area (Å²) in [5, 5.41) is 5.03. The summed E-state index contributed by atoms with van der Waals surface area (Å²) in [4.78, 5) is 34.2. The molecule has 0 aliphatic rings. The van der Waals surface area contributed by atoms with Gasteiger partial charge in [-0.25, -0.2) is 9.97 Å². The van der Waals surface area contributed by atoms with Crippen LogP contribution in [0, 0.1) is 6.92 Å². The average Bonchev–Trinajstić information content (AvgIpc) is 3.11. The molecule has 0 aliphatic heterocycles. The van der Waals surface area contributed by atoms with Gasteiger partial charge in [0.05, 0.1) is 11.4 Å². The monoisotopic (exact) mass is 378 g/mol. The number of hydrogen-bond donors (Lipinski definition) is 1. The number of thiazole rings is 1. The molecule has 2 heterocycles. The molecule has 1 aromatic carbocycles. The zero-order chi connectivity index (χ0) is 19.2. The molecule has 3 rings (SSSR count). The Bertz CT molecular complexity index is 965. The van der Waals surface area contributed by atoms with Crippen molar-refractivity contribution in [3.63, 3.8) is 0 Å². The molecule has 6 nitrogen and oxygen atoms in total. The first-order chi connectivity index (χ1) is 13.0. The first-order valence-electron chi connectivity index (χ1n) is 8.26. The lowest BCUT2D eigenvalue weighted by atomic mass is 10.3. The Kier molecular flexibility index (Phi) is 5.73. The zero-order valence-electron chi connectivity index (χ0n) is 14.9. The van der Waals surface area contributed by atoms with E-state index in [0.717, 1.165) is 11.3 Å². The molecule has 0 bridgehead atoms. The number of aromatic nitrogens is 2. The van der Waals surface area contributed by atoms with E-state index in [9.17, 15) is 9.59 Å². The largest absolute Gasteiger partial charge is 0.307 e. The minimum atomic E-state index is -0.299. The van der Waals surface area contributed by atoms with Gasteiger partial charge in [0.15, 0.2) is 5.13 Å². The van der Waals surface area contributed by atoms with E-state index in [2.05, 4.69) is 15.3 Å². The molecule has 0 fully saturated rings. The number of pyridine rings is 1. The van der Waals surface area contributed by atoms with E-state index in [1.54, 1.807) is 23.7 Å². The molecule has 0 unspecified atom stereocenters. The quantitative estimate of drug-likeness (QED) is 0.676. The van der Waals surface area contributed by atoms with Crippen molar-refractivity contribution >= 4 is 45.9 Å². The lowest BCUT2D eigenvalue weighted by molar-refractivity contribution is -0.116. The molecule has 0 atom stereocenters. The van der Waals surface area contributed by atoms with E-state index < -0.39 is 0 Å². The van der Waals surface area contributed by atoms with Gasteiger partial charge in [0, 0.05) is 24.6 Å².